The highest BCUT2D eigenvalue weighted by atomic mass is 127. The molecule has 0 aliphatic rings. The summed E-state index contributed by atoms with van der Waals surface area (Å²) in [5, 5.41) is 12.4. The van der Waals surface area contributed by atoms with E-state index in [1.165, 1.54) is 18.2 Å². The molecule has 2 aromatic carbocycles. The van der Waals surface area contributed by atoms with Gasteiger partial charge in [0.25, 0.3) is 5.91 Å². The first-order chi connectivity index (χ1) is 12.7. The lowest BCUT2D eigenvalue weighted by molar-refractivity contribution is -0.0268. The lowest BCUT2D eigenvalue weighted by atomic mass is 10.1. The van der Waals surface area contributed by atoms with Crippen LogP contribution in [-0.4, -0.2) is 23.7 Å². The van der Waals surface area contributed by atoms with Crippen LogP contribution in [0.2, 0.25) is 0 Å². The Morgan fingerprint density at radius 3 is 2.56 bits per heavy atom. The van der Waals surface area contributed by atoms with Gasteiger partial charge in [0, 0.05) is 3.57 Å². The second kappa shape index (κ2) is 9.76. The second-order valence-electron chi connectivity index (χ2n) is 6.11. The molecule has 0 aliphatic heterocycles. The highest BCUT2D eigenvalue weighted by molar-refractivity contribution is 14.1. The van der Waals surface area contributed by atoms with Crippen molar-refractivity contribution in [2.75, 3.05) is 11.9 Å². The summed E-state index contributed by atoms with van der Waals surface area (Å²) >= 11 is 5.00. The van der Waals surface area contributed by atoms with Gasteiger partial charge < -0.3 is 10.4 Å². The number of aliphatic hydroxyl groups excluding tert-OH is 1. The van der Waals surface area contributed by atoms with E-state index >= 15 is 0 Å². The summed E-state index contributed by atoms with van der Waals surface area (Å²) in [4.78, 5) is 17.4. The Morgan fingerprint density at radius 2 is 1.93 bits per heavy atom. The van der Waals surface area contributed by atoms with Crippen molar-refractivity contribution in [3.8, 4) is 0 Å². The van der Waals surface area contributed by atoms with Gasteiger partial charge in [-0.15, -0.1) is 0 Å². The highest BCUT2D eigenvalue weighted by Crippen LogP contribution is 2.29. The fraction of sp³-hybridized carbons (Fsp3) is 0.278. The molecule has 0 spiro atoms. The summed E-state index contributed by atoms with van der Waals surface area (Å²) in [7, 11) is 0. The van der Waals surface area contributed by atoms with E-state index < -0.39 is 23.6 Å². The van der Waals surface area contributed by atoms with Crippen molar-refractivity contribution in [3.63, 3.8) is 0 Å². The van der Waals surface area contributed by atoms with Crippen LogP contribution in [0.1, 0.15) is 24.2 Å². The number of hydroxylamine groups is 1. The fourth-order valence-electron chi connectivity index (χ4n) is 2.01. The van der Waals surface area contributed by atoms with Gasteiger partial charge in [0.2, 0.25) is 0 Å². The fourth-order valence-corrected chi connectivity index (χ4v) is 2.81. The Bertz CT molecular complexity index is 836. The molecule has 27 heavy (non-hydrogen) atoms. The normalized spacial score (nSPS) is 12.1. The van der Waals surface area contributed by atoms with Gasteiger partial charge in [-0.2, -0.15) is 0 Å². The molecule has 0 saturated heterocycles. The molecular weight excluding hydrogens is 537 g/mol. The van der Waals surface area contributed by atoms with E-state index in [2.05, 4.69) is 26.7 Å². The van der Waals surface area contributed by atoms with Gasteiger partial charge in [-0.05, 0) is 74.8 Å². The number of carbonyl (C=O) groups excluding carboxylic acids is 1. The Kier molecular flexibility index (Phi) is 7.95. The molecule has 1 amide bonds. The summed E-state index contributed by atoms with van der Waals surface area (Å²) in [6.07, 6.45) is -0.747. The molecule has 0 aromatic heterocycles. The zero-order valence-corrected chi connectivity index (χ0v) is 18.3. The van der Waals surface area contributed by atoms with Crippen molar-refractivity contribution in [2.24, 2.45) is 5.92 Å². The lowest BCUT2D eigenvalue weighted by Crippen LogP contribution is -2.31. The average molecular weight is 555 g/mol. The largest absolute Gasteiger partial charge is 0.390 e. The van der Waals surface area contributed by atoms with E-state index in [9.17, 15) is 18.7 Å². The molecule has 1 unspecified atom stereocenters. The molecule has 0 heterocycles. The number of benzene rings is 2. The second-order valence-corrected chi connectivity index (χ2v) is 8.21. The van der Waals surface area contributed by atoms with Gasteiger partial charge in [0.1, 0.15) is 18.2 Å². The van der Waals surface area contributed by atoms with Gasteiger partial charge in [-0.3, -0.25) is 9.63 Å². The standard InChI is InChI=1S/C18H18BrF2IN2O3/c1-9(2)17(25)8-27-24-18(26)11-6-12(19)13(20)7-16(11)23-15-4-3-10(22)5-14(15)21/h3-7,9,17,23,25H,8H2,1-2H3,(H,24,26). The maximum Gasteiger partial charge on any atom is 0.276 e. The molecule has 9 heteroatoms. The Balaban J connectivity index is 2.22. The number of nitrogens with one attached hydrogen (secondary N) is 2. The number of rotatable bonds is 7. The third kappa shape index (κ3) is 6.09. The number of aliphatic hydroxyl groups is 1. The van der Waals surface area contributed by atoms with Crippen LogP contribution in [0.4, 0.5) is 20.2 Å². The van der Waals surface area contributed by atoms with E-state index in [4.69, 9.17) is 4.84 Å². The van der Waals surface area contributed by atoms with Crippen molar-refractivity contribution < 1.29 is 23.5 Å². The predicted octanol–water partition coefficient (Wildman–Crippen LogP) is 4.75. The van der Waals surface area contributed by atoms with Crippen molar-refractivity contribution >= 4 is 55.8 Å². The summed E-state index contributed by atoms with van der Waals surface area (Å²) < 4.78 is 28.8. The van der Waals surface area contributed by atoms with Crippen molar-refractivity contribution in [1.29, 1.82) is 0 Å². The molecule has 0 fully saturated rings. The molecule has 3 N–H and O–H groups in total. The summed E-state index contributed by atoms with van der Waals surface area (Å²) in [6.45, 7) is 3.52. The van der Waals surface area contributed by atoms with Crippen LogP contribution in [0.15, 0.2) is 34.8 Å². The molecule has 0 saturated carbocycles. The summed E-state index contributed by atoms with van der Waals surface area (Å²) in [6, 6.07) is 6.83. The molecule has 2 rings (SSSR count). The van der Waals surface area contributed by atoms with Gasteiger partial charge in [0.05, 0.1) is 27.5 Å². The van der Waals surface area contributed by atoms with E-state index in [1.54, 1.807) is 6.07 Å². The number of amides is 1. The minimum atomic E-state index is -0.747. The van der Waals surface area contributed by atoms with Gasteiger partial charge in [0.15, 0.2) is 0 Å². The van der Waals surface area contributed by atoms with Gasteiger partial charge >= 0.3 is 0 Å². The molecule has 5 nitrogen and oxygen atoms in total. The molecule has 0 radical (unpaired) electrons. The maximum atomic E-state index is 14.1. The van der Waals surface area contributed by atoms with Crippen LogP contribution in [-0.2, 0) is 4.84 Å². The molecule has 0 bridgehead atoms. The topological polar surface area (TPSA) is 70.6 Å². The average Bonchev–Trinajstić information content (AvgIpc) is 2.59. The van der Waals surface area contributed by atoms with E-state index in [1.807, 2.05) is 36.4 Å². The van der Waals surface area contributed by atoms with E-state index in [0.717, 1.165) is 6.07 Å². The van der Waals surface area contributed by atoms with Crippen LogP contribution < -0.4 is 10.8 Å². The Hall–Kier alpha value is -1.30. The number of hydrogen-bond donors (Lipinski definition) is 3. The first-order valence-electron chi connectivity index (χ1n) is 8.00. The van der Waals surface area contributed by atoms with Crippen LogP contribution in [0.3, 0.4) is 0 Å². The number of halogens is 4. The monoisotopic (exact) mass is 554 g/mol. The molecular formula is C18H18BrF2IN2O3. The summed E-state index contributed by atoms with van der Waals surface area (Å²) in [5.74, 6) is -1.85. The lowest BCUT2D eigenvalue weighted by Gasteiger charge is -2.16. The third-order valence-corrected chi connectivity index (χ3v) is 4.97. The van der Waals surface area contributed by atoms with Crippen LogP contribution in [0.5, 0.6) is 0 Å². The third-order valence-electron chi connectivity index (χ3n) is 3.69. The molecule has 1 atom stereocenters. The van der Waals surface area contributed by atoms with Gasteiger partial charge in [-0.25, -0.2) is 14.3 Å². The number of carbonyl (C=O) groups is 1. The first kappa shape index (κ1) is 22.0. The number of anilines is 2. The minimum Gasteiger partial charge on any atom is -0.390 e. The molecule has 2 aromatic rings. The van der Waals surface area contributed by atoms with Crippen molar-refractivity contribution in [2.45, 2.75) is 20.0 Å². The molecule has 146 valence electrons. The molecule has 0 aliphatic carbocycles. The number of hydrogen-bond acceptors (Lipinski definition) is 4. The predicted molar refractivity (Wildman–Crippen MR) is 111 cm³/mol. The Morgan fingerprint density at radius 1 is 1.22 bits per heavy atom. The van der Waals surface area contributed by atoms with E-state index in [-0.39, 0.29) is 33.9 Å². The van der Waals surface area contributed by atoms with Crippen LogP contribution >= 0.6 is 38.5 Å². The Labute approximate surface area is 177 Å². The maximum absolute atomic E-state index is 14.1. The quantitative estimate of drug-likeness (QED) is 0.341. The highest BCUT2D eigenvalue weighted by Gasteiger charge is 2.18. The summed E-state index contributed by atoms with van der Waals surface area (Å²) in [5.41, 5.74) is 2.42. The van der Waals surface area contributed by atoms with Gasteiger partial charge in [-0.1, -0.05) is 13.8 Å². The van der Waals surface area contributed by atoms with Crippen LogP contribution in [0.25, 0.3) is 0 Å². The first-order valence-corrected chi connectivity index (χ1v) is 9.87. The van der Waals surface area contributed by atoms with Crippen molar-refractivity contribution in [3.05, 3.63) is 55.6 Å². The smallest absolute Gasteiger partial charge is 0.276 e. The SMILES string of the molecule is CC(C)C(O)CONC(=O)c1cc(Br)c(F)cc1Nc1ccc(I)cc1F. The minimum absolute atomic E-state index is 0.0389. The zero-order valence-electron chi connectivity index (χ0n) is 14.5. The van der Waals surface area contributed by atoms with Crippen LogP contribution in [0, 0.1) is 21.1 Å². The zero-order chi connectivity index (χ0) is 20.1. The van der Waals surface area contributed by atoms with Crippen molar-refractivity contribution in [1.82, 2.24) is 5.48 Å². The van der Waals surface area contributed by atoms with E-state index in [0.29, 0.717) is 3.57 Å².